The first-order valence-electron chi connectivity index (χ1n) is 7.03. The molecule has 1 atom stereocenters. The molecule has 1 unspecified atom stereocenters. The number of ether oxygens (including phenoxy) is 1. The zero-order chi connectivity index (χ0) is 12.8. The van der Waals surface area contributed by atoms with Crippen LogP contribution in [0.5, 0.6) is 0 Å². The lowest BCUT2D eigenvalue weighted by atomic mass is 9.66. The number of methoxy groups -OCH3 is 1. The van der Waals surface area contributed by atoms with Gasteiger partial charge in [0, 0.05) is 26.3 Å². The van der Waals surface area contributed by atoms with E-state index in [1.807, 2.05) is 0 Å². The smallest absolute Gasteiger partial charge is 0.0468 e. The summed E-state index contributed by atoms with van der Waals surface area (Å²) in [6.07, 6.45) is 5.28. The van der Waals surface area contributed by atoms with Crippen LogP contribution in [-0.4, -0.2) is 20.3 Å². The van der Waals surface area contributed by atoms with E-state index in [9.17, 15) is 0 Å². The Labute approximate surface area is 111 Å². The summed E-state index contributed by atoms with van der Waals surface area (Å²) >= 11 is 0. The summed E-state index contributed by atoms with van der Waals surface area (Å²) in [5.74, 6) is 0. The second-order valence-corrected chi connectivity index (χ2v) is 5.61. The van der Waals surface area contributed by atoms with Gasteiger partial charge in [-0.25, -0.2) is 0 Å². The highest BCUT2D eigenvalue weighted by Gasteiger charge is 2.36. The third kappa shape index (κ3) is 3.33. The number of benzene rings is 1. The molecule has 1 aliphatic carbocycles. The van der Waals surface area contributed by atoms with Crippen molar-refractivity contribution in [3.8, 4) is 0 Å². The van der Waals surface area contributed by atoms with Crippen LogP contribution in [0.4, 0.5) is 0 Å². The summed E-state index contributed by atoms with van der Waals surface area (Å²) in [6.45, 7) is 4.26. The van der Waals surface area contributed by atoms with Gasteiger partial charge in [-0.3, -0.25) is 0 Å². The van der Waals surface area contributed by atoms with E-state index in [0.717, 1.165) is 13.2 Å². The van der Waals surface area contributed by atoms with E-state index in [1.165, 1.54) is 31.2 Å². The van der Waals surface area contributed by atoms with Crippen molar-refractivity contribution in [2.24, 2.45) is 5.41 Å². The molecule has 0 heterocycles. The van der Waals surface area contributed by atoms with Crippen molar-refractivity contribution >= 4 is 0 Å². The quantitative estimate of drug-likeness (QED) is 0.795. The van der Waals surface area contributed by atoms with E-state index in [-0.39, 0.29) is 0 Å². The highest BCUT2D eigenvalue weighted by atomic mass is 16.5. The lowest BCUT2D eigenvalue weighted by molar-refractivity contribution is 0.0669. The summed E-state index contributed by atoms with van der Waals surface area (Å²) < 4.78 is 5.24. The van der Waals surface area contributed by atoms with Gasteiger partial charge in [0.1, 0.15) is 0 Å². The summed E-state index contributed by atoms with van der Waals surface area (Å²) in [4.78, 5) is 0. The first kappa shape index (κ1) is 13.6. The van der Waals surface area contributed by atoms with Crippen LogP contribution < -0.4 is 5.32 Å². The van der Waals surface area contributed by atoms with Crippen molar-refractivity contribution in [1.29, 1.82) is 0 Å². The fraction of sp³-hybridized carbons (Fsp3) is 0.625. The second-order valence-electron chi connectivity index (χ2n) is 5.61. The Hall–Kier alpha value is -0.860. The Morgan fingerprint density at radius 1 is 1.28 bits per heavy atom. The summed E-state index contributed by atoms with van der Waals surface area (Å²) in [5, 5.41) is 3.70. The van der Waals surface area contributed by atoms with Crippen LogP contribution in [0.1, 0.15) is 44.2 Å². The number of hydrogen-bond acceptors (Lipinski definition) is 2. The van der Waals surface area contributed by atoms with Gasteiger partial charge >= 0.3 is 0 Å². The van der Waals surface area contributed by atoms with Gasteiger partial charge in [-0.2, -0.15) is 0 Å². The zero-order valence-electron chi connectivity index (χ0n) is 11.6. The fourth-order valence-electron chi connectivity index (χ4n) is 2.74. The first-order chi connectivity index (χ1) is 8.76. The van der Waals surface area contributed by atoms with Crippen LogP contribution in [-0.2, 0) is 4.74 Å². The third-order valence-corrected chi connectivity index (χ3v) is 4.33. The summed E-state index contributed by atoms with van der Waals surface area (Å²) in [5.41, 5.74) is 1.87. The molecule has 0 amide bonds. The van der Waals surface area contributed by atoms with Crippen LogP contribution >= 0.6 is 0 Å². The average Bonchev–Trinajstić information content (AvgIpc) is 2.38. The maximum absolute atomic E-state index is 5.24. The molecule has 2 nitrogen and oxygen atoms in total. The fourth-order valence-corrected chi connectivity index (χ4v) is 2.74. The Kier molecular flexibility index (Phi) is 4.79. The van der Waals surface area contributed by atoms with Gasteiger partial charge in [-0.15, -0.1) is 0 Å². The molecule has 1 N–H and O–H groups in total. The standard InChI is InChI=1S/C16H25NO/c1-14(15-7-4-3-5-8-15)17-13-16(9-6-10-16)11-12-18-2/h3-5,7-8,14,17H,6,9-13H2,1-2H3. The largest absolute Gasteiger partial charge is 0.385 e. The van der Waals surface area contributed by atoms with Crippen molar-refractivity contribution in [3.63, 3.8) is 0 Å². The third-order valence-electron chi connectivity index (χ3n) is 4.33. The van der Waals surface area contributed by atoms with Crippen molar-refractivity contribution in [2.45, 2.75) is 38.6 Å². The molecular weight excluding hydrogens is 222 g/mol. The Bertz CT molecular complexity index is 345. The molecule has 1 saturated carbocycles. The van der Waals surface area contributed by atoms with Gasteiger partial charge in [0.2, 0.25) is 0 Å². The van der Waals surface area contributed by atoms with Crippen LogP contribution in [0.2, 0.25) is 0 Å². The molecule has 0 radical (unpaired) electrons. The Balaban J connectivity index is 1.83. The molecule has 0 aromatic heterocycles. The van der Waals surface area contributed by atoms with Crippen LogP contribution in [0.3, 0.4) is 0 Å². The lowest BCUT2D eigenvalue weighted by Crippen LogP contribution is -2.41. The molecule has 1 aliphatic rings. The molecule has 0 saturated heterocycles. The van der Waals surface area contributed by atoms with E-state index in [0.29, 0.717) is 11.5 Å². The first-order valence-corrected chi connectivity index (χ1v) is 7.03. The minimum atomic E-state index is 0.436. The van der Waals surface area contributed by atoms with Crippen LogP contribution in [0.15, 0.2) is 30.3 Å². The van der Waals surface area contributed by atoms with Crippen molar-refractivity contribution in [2.75, 3.05) is 20.3 Å². The van der Waals surface area contributed by atoms with Gasteiger partial charge < -0.3 is 10.1 Å². The molecule has 1 aromatic carbocycles. The highest BCUT2D eigenvalue weighted by molar-refractivity contribution is 5.18. The minimum absolute atomic E-state index is 0.436. The monoisotopic (exact) mass is 247 g/mol. The molecule has 0 aliphatic heterocycles. The van der Waals surface area contributed by atoms with Crippen molar-refractivity contribution in [1.82, 2.24) is 5.32 Å². The molecule has 18 heavy (non-hydrogen) atoms. The topological polar surface area (TPSA) is 21.3 Å². The minimum Gasteiger partial charge on any atom is -0.385 e. The van der Waals surface area contributed by atoms with Crippen LogP contribution in [0, 0.1) is 5.41 Å². The maximum atomic E-state index is 5.24. The molecule has 1 fully saturated rings. The molecular formula is C16H25NO. The predicted molar refractivity (Wildman–Crippen MR) is 75.6 cm³/mol. The van der Waals surface area contributed by atoms with Crippen molar-refractivity contribution in [3.05, 3.63) is 35.9 Å². The maximum Gasteiger partial charge on any atom is 0.0468 e. The van der Waals surface area contributed by atoms with Gasteiger partial charge in [0.15, 0.2) is 0 Å². The predicted octanol–water partition coefficient (Wildman–Crippen LogP) is 3.54. The van der Waals surface area contributed by atoms with E-state index in [1.54, 1.807) is 7.11 Å². The van der Waals surface area contributed by atoms with Gasteiger partial charge in [-0.1, -0.05) is 36.8 Å². The van der Waals surface area contributed by atoms with Gasteiger partial charge in [0.25, 0.3) is 0 Å². The SMILES string of the molecule is COCCC1(CNC(C)c2ccccc2)CCC1. The van der Waals surface area contributed by atoms with E-state index in [4.69, 9.17) is 4.74 Å². The van der Waals surface area contributed by atoms with E-state index < -0.39 is 0 Å². The number of hydrogen-bond donors (Lipinski definition) is 1. The second kappa shape index (κ2) is 6.35. The molecule has 1 aromatic rings. The zero-order valence-corrected chi connectivity index (χ0v) is 11.6. The number of nitrogens with one attached hydrogen (secondary N) is 1. The summed E-state index contributed by atoms with van der Waals surface area (Å²) in [7, 11) is 1.80. The molecule has 2 rings (SSSR count). The Morgan fingerprint density at radius 3 is 2.56 bits per heavy atom. The number of rotatable bonds is 7. The van der Waals surface area contributed by atoms with E-state index in [2.05, 4.69) is 42.6 Å². The highest BCUT2D eigenvalue weighted by Crippen LogP contribution is 2.43. The van der Waals surface area contributed by atoms with Gasteiger partial charge in [0.05, 0.1) is 0 Å². The molecule has 100 valence electrons. The van der Waals surface area contributed by atoms with Gasteiger partial charge in [-0.05, 0) is 37.2 Å². The van der Waals surface area contributed by atoms with E-state index >= 15 is 0 Å². The van der Waals surface area contributed by atoms with Crippen molar-refractivity contribution < 1.29 is 4.74 Å². The Morgan fingerprint density at radius 2 is 2.00 bits per heavy atom. The molecule has 0 bridgehead atoms. The lowest BCUT2D eigenvalue weighted by Gasteiger charge is -2.43. The average molecular weight is 247 g/mol. The molecule has 2 heteroatoms. The molecule has 0 spiro atoms. The van der Waals surface area contributed by atoms with Crippen LogP contribution in [0.25, 0.3) is 0 Å². The normalized spacial score (nSPS) is 19.2. The summed E-state index contributed by atoms with van der Waals surface area (Å²) in [6, 6.07) is 11.1.